The van der Waals surface area contributed by atoms with Crippen LogP contribution in [-0.2, 0) is 0 Å². The van der Waals surface area contributed by atoms with Gasteiger partial charge in [0.25, 0.3) is 0 Å². The van der Waals surface area contributed by atoms with E-state index in [-0.39, 0.29) is 0 Å². The van der Waals surface area contributed by atoms with Crippen molar-refractivity contribution < 1.29 is 5.11 Å². The van der Waals surface area contributed by atoms with Gasteiger partial charge in [-0.05, 0) is 19.9 Å². The molecule has 0 radical (unpaired) electrons. The summed E-state index contributed by atoms with van der Waals surface area (Å²) in [6.07, 6.45) is 4.29. The molecule has 0 saturated heterocycles. The van der Waals surface area contributed by atoms with E-state index in [1.54, 1.807) is 24.5 Å². The van der Waals surface area contributed by atoms with Gasteiger partial charge in [0.1, 0.15) is 0 Å². The Bertz CT molecular complexity index is 318. The second-order valence-electron chi connectivity index (χ2n) is 3.13. The number of nitrogens with zero attached hydrogens (tertiary/aromatic N) is 1. The second kappa shape index (κ2) is 4.40. The molecule has 70 valence electrons. The number of hydrogen-bond donors (Lipinski definition) is 1. The van der Waals surface area contributed by atoms with Crippen molar-refractivity contribution in [1.29, 1.82) is 0 Å². The SMILES string of the molecule is CC(C)=CC(O)c1cncc(Cl)c1. The van der Waals surface area contributed by atoms with E-state index in [0.29, 0.717) is 10.6 Å². The van der Waals surface area contributed by atoms with Crippen LogP contribution in [-0.4, -0.2) is 10.1 Å². The van der Waals surface area contributed by atoms with Gasteiger partial charge in [0.05, 0.1) is 11.1 Å². The molecule has 0 spiro atoms. The first-order valence-corrected chi connectivity index (χ1v) is 4.41. The highest BCUT2D eigenvalue weighted by Gasteiger charge is 2.04. The molecule has 1 atom stereocenters. The maximum absolute atomic E-state index is 9.64. The summed E-state index contributed by atoms with van der Waals surface area (Å²) in [6.45, 7) is 3.86. The summed E-state index contributed by atoms with van der Waals surface area (Å²) in [5, 5.41) is 10.2. The molecule has 0 fully saturated rings. The molecule has 2 nitrogen and oxygen atoms in total. The molecule has 0 aliphatic heterocycles. The van der Waals surface area contributed by atoms with Crippen molar-refractivity contribution in [2.45, 2.75) is 20.0 Å². The monoisotopic (exact) mass is 197 g/mol. The first kappa shape index (κ1) is 10.2. The molecule has 0 bridgehead atoms. The average Bonchev–Trinajstić information content (AvgIpc) is 2.03. The van der Waals surface area contributed by atoms with Crippen LogP contribution in [0.3, 0.4) is 0 Å². The molecule has 1 heterocycles. The summed E-state index contributed by atoms with van der Waals surface area (Å²) in [7, 11) is 0. The van der Waals surface area contributed by atoms with E-state index < -0.39 is 6.10 Å². The van der Waals surface area contributed by atoms with Crippen molar-refractivity contribution in [1.82, 2.24) is 4.98 Å². The Morgan fingerprint density at radius 3 is 2.77 bits per heavy atom. The van der Waals surface area contributed by atoms with Gasteiger partial charge in [-0.15, -0.1) is 0 Å². The third kappa shape index (κ3) is 3.17. The number of rotatable bonds is 2. The number of aliphatic hydroxyl groups excluding tert-OH is 1. The Balaban J connectivity index is 2.89. The summed E-state index contributed by atoms with van der Waals surface area (Å²) in [5.74, 6) is 0. The maximum atomic E-state index is 9.64. The molecule has 1 unspecified atom stereocenters. The van der Waals surface area contributed by atoms with E-state index in [1.165, 1.54) is 0 Å². The van der Waals surface area contributed by atoms with Crippen LogP contribution < -0.4 is 0 Å². The lowest BCUT2D eigenvalue weighted by molar-refractivity contribution is 0.227. The number of pyridine rings is 1. The van der Waals surface area contributed by atoms with Gasteiger partial charge in [0.2, 0.25) is 0 Å². The summed E-state index contributed by atoms with van der Waals surface area (Å²) in [4.78, 5) is 3.89. The zero-order valence-electron chi connectivity index (χ0n) is 7.66. The van der Waals surface area contributed by atoms with Crippen LogP contribution in [0.25, 0.3) is 0 Å². The Morgan fingerprint density at radius 2 is 2.23 bits per heavy atom. The minimum Gasteiger partial charge on any atom is -0.384 e. The van der Waals surface area contributed by atoms with Crippen LogP contribution in [0.5, 0.6) is 0 Å². The number of aliphatic hydroxyl groups is 1. The van der Waals surface area contributed by atoms with Crippen LogP contribution in [0, 0.1) is 0 Å². The molecule has 13 heavy (non-hydrogen) atoms. The fraction of sp³-hybridized carbons (Fsp3) is 0.300. The highest BCUT2D eigenvalue weighted by Crippen LogP contribution is 2.18. The first-order chi connectivity index (χ1) is 6.09. The summed E-state index contributed by atoms with van der Waals surface area (Å²) in [6, 6.07) is 1.71. The third-order valence-corrected chi connectivity index (χ3v) is 1.77. The fourth-order valence-corrected chi connectivity index (χ4v) is 1.18. The van der Waals surface area contributed by atoms with Crippen molar-refractivity contribution in [3.05, 3.63) is 40.7 Å². The quantitative estimate of drug-likeness (QED) is 0.740. The van der Waals surface area contributed by atoms with Crippen LogP contribution in [0.1, 0.15) is 25.5 Å². The molecule has 0 aliphatic carbocycles. The van der Waals surface area contributed by atoms with Crippen LogP contribution in [0.15, 0.2) is 30.1 Å². The Morgan fingerprint density at radius 1 is 1.54 bits per heavy atom. The van der Waals surface area contributed by atoms with E-state index in [0.717, 1.165) is 5.57 Å². The smallest absolute Gasteiger partial charge is 0.0989 e. The lowest BCUT2D eigenvalue weighted by Crippen LogP contribution is -1.94. The van der Waals surface area contributed by atoms with Crippen molar-refractivity contribution in [3.63, 3.8) is 0 Å². The summed E-state index contributed by atoms with van der Waals surface area (Å²) < 4.78 is 0. The molecule has 0 aromatic carbocycles. The van der Waals surface area contributed by atoms with Crippen molar-refractivity contribution in [2.24, 2.45) is 0 Å². The molecule has 1 aromatic rings. The zero-order valence-corrected chi connectivity index (χ0v) is 8.42. The molecule has 1 aromatic heterocycles. The molecule has 1 rings (SSSR count). The third-order valence-electron chi connectivity index (χ3n) is 1.56. The molecular formula is C10H12ClNO. The van der Waals surface area contributed by atoms with Crippen molar-refractivity contribution in [2.75, 3.05) is 0 Å². The van der Waals surface area contributed by atoms with E-state index in [9.17, 15) is 5.11 Å². The van der Waals surface area contributed by atoms with Gasteiger partial charge in [-0.3, -0.25) is 4.98 Å². The number of halogens is 1. The van der Waals surface area contributed by atoms with Gasteiger partial charge in [-0.25, -0.2) is 0 Å². The zero-order chi connectivity index (χ0) is 9.84. The Labute approximate surface area is 82.9 Å². The minimum absolute atomic E-state index is 0.540. The molecule has 1 N–H and O–H groups in total. The van der Waals surface area contributed by atoms with Gasteiger partial charge in [0.15, 0.2) is 0 Å². The van der Waals surface area contributed by atoms with Gasteiger partial charge in [-0.2, -0.15) is 0 Å². The van der Waals surface area contributed by atoms with Gasteiger partial charge >= 0.3 is 0 Å². The van der Waals surface area contributed by atoms with E-state index >= 15 is 0 Å². The van der Waals surface area contributed by atoms with Crippen LogP contribution in [0.2, 0.25) is 5.02 Å². The Hall–Kier alpha value is -0.860. The van der Waals surface area contributed by atoms with Crippen LogP contribution >= 0.6 is 11.6 Å². The van der Waals surface area contributed by atoms with E-state index in [4.69, 9.17) is 11.6 Å². The predicted octanol–water partition coefficient (Wildman–Crippen LogP) is 2.73. The molecule has 3 heteroatoms. The highest BCUT2D eigenvalue weighted by molar-refractivity contribution is 6.30. The molecule has 0 saturated carbocycles. The van der Waals surface area contributed by atoms with E-state index in [1.807, 2.05) is 13.8 Å². The lowest BCUT2D eigenvalue weighted by Gasteiger charge is -2.06. The van der Waals surface area contributed by atoms with E-state index in [2.05, 4.69) is 4.98 Å². The summed E-state index contributed by atoms with van der Waals surface area (Å²) >= 11 is 5.73. The molecule has 0 aliphatic rings. The average molecular weight is 198 g/mol. The van der Waals surface area contributed by atoms with Crippen LogP contribution in [0.4, 0.5) is 0 Å². The fourth-order valence-electron chi connectivity index (χ4n) is 1.00. The largest absolute Gasteiger partial charge is 0.384 e. The minimum atomic E-state index is -0.615. The van der Waals surface area contributed by atoms with Crippen molar-refractivity contribution in [3.8, 4) is 0 Å². The number of aromatic nitrogens is 1. The first-order valence-electron chi connectivity index (χ1n) is 4.03. The number of hydrogen-bond acceptors (Lipinski definition) is 2. The standard InChI is InChI=1S/C10H12ClNO/c1-7(2)3-10(13)8-4-9(11)6-12-5-8/h3-6,10,13H,1-2H3. The topological polar surface area (TPSA) is 33.1 Å². The summed E-state index contributed by atoms with van der Waals surface area (Å²) in [5.41, 5.74) is 1.78. The van der Waals surface area contributed by atoms with Gasteiger partial charge < -0.3 is 5.11 Å². The molecule has 0 amide bonds. The molecular weight excluding hydrogens is 186 g/mol. The normalized spacial score (nSPS) is 12.3. The lowest BCUT2D eigenvalue weighted by atomic mass is 10.1. The van der Waals surface area contributed by atoms with Crippen molar-refractivity contribution >= 4 is 11.6 Å². The van der Waals surface area contributed by atoms with Gasteiger partial charge in [-0.1, -0.05) is 23.3 Å². The predicted molar refractivity (Wildman–Crippen MR) is 53.6 cm³/mol. The Kier molecular flexibility index (Phi) is 3.46. The maximum Gasteiger partial charge on any atom is 0.0989 e. The second-order valence-corrected chi connectivity index (χ2v) is 3.56. The van der Waals surface area contributed by atoms with Gasteiger partial charge in [0, 0.05) is 18.0 Å². The highest BCUT2D eigenvalue weighted by atomic mass is 35.5. The number of allylic oxidation sites excluding steroid dienone is 1.